The maximum Gasteiger partial charge on any atom is 0.0645 e. The van der Waals surface area contributed by atoms with Gasteiger partial charge in [-0.1, -0.05) is 164 Å². The second-order valence-corrected chi connectivity index (χ2v) is 13.1. The largest absolute Gasteiger partial charge is 0.311 e. The Bertz CT molecular complexity index is 2780. The normalized spacial score (nSPS) is 12.0. The molecule has 9 rings (SSSR count). The van der Waals surface area contributed by atoms with E-state index < -0.39 is 0 Å². The summed E-state index contributed by atoms with van der Waals surface area (Å²) in [6.07, 6.45) is 0. The molecule has 2 heteroatoms. The van der Waals surface area contributed by atoms with Crippen LogP contribution in [-0.2, 0) is 0 Å². The van der Waals surface area contributed by atoms with Crippen LogP contribution in [0.4, 0.5) is 34.1 Å². The van der Waals surface area contributed by atoms with Crippen molar-refractivity contribution in [3.63, 3.8) is 0 Å². The number of hydrogen-bond acceptors (Lipinski definition) is 2. The van der Waals surface area contributed by atoms with Gasteiger partial charge in [0.25, 0.3) is 0 Å². The van der Waals surface area contributed by atoms with Crippen molar-refractivity contribution >= 4 is 44.9 Å². The molecule has 0 bridgehead atoms. The van der Waals surface area contributed by atoms with E-state index in [1.807, 2.05) is 132 Å². The maximum absolute atomic E-state index is 9.51. The number of para-hydroxylation sites is 3. The number of anilines is 6. The Hall–Kier alpha value is -7.16. The summed E-state index contributed by atoms with van der Waals surface area (Å²) < 4.78 is 37.8. The van der Waals surface area contributed by atoms with Crippen LogP contribution in [0.3, 0.4) is 0 Å². The van der Waals surface area contributed by atoms with E-state index >= 15 is 0 Å². The average molecular weight is 695 g/mol. The lowest BCUT2D eigenvalue weighted by atomic mass is 9.95. The molecule has 0 radical (unpaired) electrons. The Morgan fingerprint density at radius 3 is 1.26 bits per heavy atom. The summed E-state index contributed by atoms with van der Waals surface area (Å²) in [6.45, 7) is 0. The summed E-state index contributed by atoms with van der Waals surface area (Å²) in [5.74, 6) is 0. The van der Waals surface area contributed by atoms with E-state index in [0.29, 0.717) is 5.56 Å². The van der Waals surface area contributed by atoms with Crippen molar-refractivity contribution < 1.29 is 5.48 Å². The number of fused-ring (bicyclic) bond motifs is 1. The van der Waals surface area contributed by atoms with Crippen LogP contribution >= 0.6 is 0 Å². The van der Waals surface area contributed by atoms with Gasteiger partial charge in [-0.3, -0.25) is 0 Å². The van der Waals surface area contributed by atoms with E-state index in [-0.39, 0.29) is 35.4 Å². The third-order valence-corrected chi connectivity index (χ3v) is 9.72. The lowest BCUT2D eigenvalue weighted by Crippen LogP contribution is -2.11. The first-order valence-electron chi connectivity index (χ1n) is 20.1. The molecule has 0 aliphatic heterocycles. The molecule has 0 amide bonds. The van der Waals surface area contributed by atoms with E-state index in [2.05, 4.69) is 83.8 Å². The third kappa shape index (κ3) is 6.53. The van der Waals surface area contributed by atoms with Gasteiger partial charge in [0.15, 0.2) is 0 Å². The first-order chi connectivity index (χ1) is 28.5. The maximum atomic E-state index is 9.51. The van der Waals surface area contributed by atoms with E-state index in [4.69, 9.17) is 0 Å². The topological polar surface area (TPSA) is 6.48 Å². The molecule has 0 saturated heterocycles. The second kappa shape index (κ2) is 14.8. The fraction of sp³-hybridized carbons (Fsp3) is 0. The molecular weight excluding hydrogens is 653 g/mol. The zero-order valence-corrected chi connectivity index (χ0v) is 29.5. The monoisotopic (exact) mass is 694 g/mol. The molecule has 0 spiro atoms. The fourth-order valence-corrected chi connectivity index (χ4v) is 7.12. The third-order valence-electron chi connectivity index (χ3n) is 9.72. The van der Waals surface area contributed by atoms with Crippen LogP contribution in [0.1, 0.15) is 5.48 Å². The standard InChI is InChI=1S/C52H38N2/c1-5-16-44(17-6-1)52-50-24-14-13-15-43(50)33-38-51(52)54(47-22-11-4-12-23-47)49-36-31-42(32-37-49)40-27-25-39(26-28-40)41-29-34-48(35-30-41)53(45-18-7-2-8-19-45)46-20-9-3-10-21-46/h1-38H/i31D,32D,36D,37D. The Morgan fingerprint density at radius 2 is 0.704 bits per heavy atom. The van der Waals surface area contributed by atoms with Crippen LogP contribution in [0.15, 0.2) is 230 Å². The Balaban J connectivity index is 1.11. The molecule has 0 heterocycles. The highest BCUT2D eigenvalue weighted by Gasteiger charge is 2.19. The summed E-state index contributed by atoms with van der Waals surface area (Å²) in [7, 11) is 0. The van der Waals surface area contributed by atoms with Crippen molar-refractivity contribution in [3.8, 4) is 33.4 Å². The molecule has 0 aliphatic rings. The average Bonchev–Trinajstić information content (AvgIpc) is 3.29. The van der Waals surface area contributed by atoms with Gasteiger partial charge in [-0.15, -0.1) is 0 Å². The zero-order chi connectivity index (χ0) is 39.6. The number of hydrogen-bond donors (Lipinski definition) is 0. The zero-order valence-electron chi connectivity index (χ0n) is 33.5. The summed E-state index contributed by atoms with van der Waals surface area (Å²) in [4.78, 5) is 4.10. The highest BCUT2D eigenvalue weighted by atomic mass is 15.1. The van der Waals surface area contributed by atoms with Crippen molar-refractivity contribution in [2.24, 2.45) is 0 Å². The molecule has 9 aromatic carbocycles. The molecule has 0 saturated carbocycles. The molecular formula is C52H38N2. The van der Waals surface area contributed by atoms with Crippen molar-refractivity contribution in [2.45, 2.75) is 0 Å². The quantitative estimate of drug-likeness (QED) is 0.148. The van der Waals surface area contributed by atoms with Gasteiger partial charge in [0, 0.05) is 34.0 Å². The minimum atomic E-state index is -0.118. The molecule has 9 aromatic rings. The molecule has 0 N–H and O–H groups in total. The van der Waals surface area contributed by atoms with Gasteiger partial charge in [0.2, 0.25) is 0 Å². The van der Waals surface area contributed by atoms with Crippen LogP contribution in [0, 0.1) is 0 Å². The van der Waals surface area contributed by atoms with Crippen LogP contribution in [0.2, 0.25) is 0 Å². The molecule has 0 aliphatic carbocycles. The molecule has 54 heavy (non-hydrogen) atoms. The summed E-state index contributed by atoms with van der Waals surface area (Å²) in [5.41, 5.74) is 9.66. The van der Waals surface area contributed by atoms with Gasteiger partial charge in [0.1, 0.15) is 0 Å². The molecule has 2 nitrogen and oxygen atoms in total. The fourth-order valence-electron chi connectivity index (χ4n) is 7.12. The van der Waals surface area contributed by atoms with Gasteiger partial charge in [0.05, 0.1) is 11.2 Å². The molecule has 0 atom stereocenters. The van der Waals surface area contributed by atoms with Crippen molar-refractivity contribution in [1.82, 2.24) is 0 Å². The summed E-state index contributed by atoms with van der Waals surface area (Å²) in [6, 6.07) is 68.4. The minimum Gasteiger partial charge on any atom is -0.311 e. The minimum absolute atomic E-state index is 0.0991. The number of rotatable bonds is 9. The predicted octanol–water partition coefficient (Wildman–Crippen LogP) is 14.8. The van der Waals surface area contributed by atoms with Crippen LogP contribution in [0.5, 0.6) is 0 Å². The van der Waals surface area contributed by atoms with Crippen molar-refractivity contribution in [1.29, 1.82) is 0 Å². The Labute approximate surface area is 323 Å². The van der Waals surface area contributed by atoms with Gasteiger partial charge in [-0.25, -0.2) is 0 Å². The van der Waals surface area contributed by atoms with E-state index in [1.165, 1.54) is 0 Å². The van der Waals surface area contributed by atoms with Gasteiger partial charge >= 0.3 is 0 Å². The van der Waals surface area contributed by atoms with Crippen molar-refractivity contribution in [3.05, 3.63) is 230 Å². The Kier molecular flexibility index (Phi) is 7.81. The van der Waals surface area contributed by atoms with Gasteiger partial charge < -0.3 is 9.80 Å². The van der Waals surface area contributed by atoms with Crippen LogP contribution in [0.25, 0.3) is 44.2 Å². The second-order valence-electron chi connectivity index (χ2n) is 13.1. The lowest BCUT2D eigenvalue weighted by Gasteiger charge is -2.29. The number of nitrogens with zero attached hydrogens (tertiary/aromatic N) is 2. The first-order valence-corrected chi connectivity index (χ1v) is 18.1. The van der Waals surface area contributed by atoms with Crippen LogP contribution in [-0.4, -0.2) is 0 Å². The van der Waals surface area contributed by atoms with Crippen LogP contribution < -0.4 is 9.80 Å². The molecule has 0 fully saturated rings. The molecule has 0 aromatic heterocycles. The van der Waals surface area contributed by atoms with Gasteiger partial charge in [-0.2, -0.15) is 0 Å². The van der Waals surface area contributed by atoms with E-state index in [1.54, 1.807) is 0 Å². The van der Waals surface area contributed by atoms with E-state index in [9.17, 15) is 5.48 Å². The number of benzene rings is 9. The highest BCUT2D eigenvalue weighted by molar-refractivity contribution is 6.05. The highest BCUT2D eigenvalue weighted by Crippen LogP contribution is 2.44. The van der Waals surface area contributed by atoms with Gasteiger partial charge in [-0.05, 0) is 105 Å². The molecule has 0 unspecified atom stereocenters. The predicted molar refractivity (Wildman–Crippen MR) is 230 cm³/mol. The summed E-state index contributed by atoms with van der Waals surface area (Å²) in [5, 5.41) is 2.09. The lowest BCUT2D eigenvalue weighted by molar-refractivity contribution is 1.28. The molecule has 256 valence electrons. The summed E-state index contributed by atoms with van der Waals surface area (Å²) >= 11 is 0. The van der Waals surface area contributed by atoms with E-state index in [0.717, 1.165) is 61.5 Å². The Morgan fingerprint density at radius 1 is 0.278 bits per heavy atom. The first kappa shape index (κ1) is 28.4. The SMILES string of the molecule is [2H]c1c([2H])c(N(c2ccccc2)c2ccc3ccccc3c2-c2ccccc2)c([2H])c([2H])c1-c1ccc(-c2ccc(N(c3ccccc3)c3ccccc3)cc2)cc1. The van der Waals surface area contributed by atoms with Crippen molar-refractivity contribution in [2.75, 3.05) is 9.80 Å². The smallest absolute Gasteiger partial charge is 0.0645 e.